The van der Waals surface area contributed by atoms with Gasteiger partial charge in [-0.05, 0) is 62.2 Å². The van der Waals surface area contributed by atoms with Gasteiger partial charge in [-0.15, -0.1) is 0 Å². The minimum absolute atomic E-state index is 0.0426. The average molecular weight is 599 g/mol. The van der Waals surface area contributed by atoms with Gasteiger partial charge >= 0.3 is 6.09 Å². The Kier molecular flexibility index (Phi) is 9.96. The zero-order valence-electron chi connectivity index (χ0n) is 23.5. The van der Waals surface area contributed by atoms with Crippen LogP contribution in [0.3, 0.4) is 0 Å². The molecule has 2 saturated heterocycles. The molecule has 2 bridgehead atoms. The van der Waals surface area contributed by atoms with Crippen LogP contribution < -0.4 is 16.0 Å². The van der Waals surface area contributed by atoms with Crippen molar-refractivity contribution in [3.05, 3.63) is 12.2 Å². The smallest absolute Gasteiger partial charge is 0.407 e. The van der Waals surface area contributed by atoms with E-state index in [1.54, 1.807) is 0 Å². The number of amides is 4. The lowest BCUT2D eigenvalue weighted by Gasteiger charge is -2.27. The molecule has 41 heavy (non-hydrogen) atoms. The van der Waals surface area contributed by atoms with E-state index in [-0.39, 0.29) is 37.2 Å². The molecule has 0 spiro atoms. The first kappa shape index (κ1) is 31.2. The lowest BCUT2D eigenvalue weighted by atomic mass is 9.93. The molecule has 4 amide bonds. The van der Waals surface area contributed by atoms with Crippen molar-refractivity contribution in [3.8, 4) is 0 Å². The lowest BCUT2D eigenvalue weighted by molar-refractivity contribution is -0.132. The maximum absolute atomic E-state index is 13.2. The highest BCUT2D eigenvalue weighted by Gasteiger charge is 2.41. The van der Waals surface area contributed by atoms with Gasteiger partial charge < -0.3 is 30.7 Å². The summed E-state index contributed by atoms with van der Waals surface area (Å²) in [7, 11) is -4.96. The molecular weight excluding hydrogens is 556 g/mol. The molecule has 230 valence electrons. The summed E-state index contributed by atoms with van der Waals surface area (Å²) in [4.78, 5) is 52.6. The van der Waals surface area contributed by atoms with Crippen LogP contribution in [0.4, 0.5) is 4.79 Å². The molecule has 0 aromatic carbocycles. The van der Waals surface area contributed by atoms with Gasteiger partial charge in [-0.2, -0.15) is 8.42 Å². The normalized spacial score (nSPS) is 29.5. The fourth-order valence-electron chi connectivity index (χ4n) is 6.50. The minimum Gasteiger partial charge on any atom is -0.449 e. The van der Waals surface area contributed by atoms with E-state index >= 15 is 0 Å². The summed E-state index contributed by atoms with van der Waals surface area (Å²) in [6.45, 7) is 5.20. The number of allylic oxidation sites excluding steroid dienone is 2. The van der Waals surface area contributed by atoms with Gasteiger partial charge in [0.15, 0.2) is 0 Å². The summed E-state index contributed by atoms with van der Waals surface area (Å²) < 4.78 is 38.0. The standard InChI is InChI=1S/C27H42N4O9S/c1-15(2)9-21(24(33)29-22(26(35)41(37,38)39)12-18-5-7-28-23(18)32)30-27(36)40-14-19-6-8-31(25(19)34)13-20-11-16-3-4-17(20)10-16/h3-4,15-22,26,35H,5-14H2,1-2H3,(H,28,32)(H,29,33)(H,30,36)(H,37,38,39)/t16-,17+,18-,19?,20+,21-,22-,26?/m0/s1. The quantitative estimate of drug-likeness (QED) is 0.148. The summed E-state index contributed by atoms with van der Waals surface area (Å²) >= 11 is 0. The fraction of sp³-hybridized carbons (Fsp3) is 0.778. The Morgan fingerprint density at radius 1 is 1.15 bits per heavy atom. The number of hydrogen-bond donors (Lipinski definition) is 5. The monoisotopic (exact) mass is 598 g/mol. The van der Waals surface area contributed by atoms with Gasteiger partial charge in [-0.25, -0.2) is 4.79 Å². The predicted octanol–water partition coefficient (Wildman–Crippen LogP) is 0.405. The van der Waals surface area contributed by atoms with Crippen LogP contribution in [0.1, 0.15) is 52.4 Å². The Balaban J connectivity index is 1.30. The number of nitrogens with one attached hydrogen (secondary N) is 3. The molecule has 2 unspecified atom stereocenters. The molecule has 5 N–H and O–H groups in total. The first-order chi connectivity index (χ1) is 19.3. The van der Waals surface area contributed by atoms with E-state index in [2.05, 4.69) is 28.1 Å². The number of ether oxygens (including phenoxy) is 1. The highest BCUT2D eigenvalue weighted by Crippen LogP contribution is 2.44. The maximum atomic E-state index is 13.2. The van der Waals surface area contributed by atoms with E-state index in [1.165, 1.54) is 0 Å². The van der Waals surface area contributed by atoms with Crippen LogP contribution in [-0.4, -0.2) is 90.6 Å². The lowest BCUT2D eigenvalue weighted by Crippen LogP contribution is -2.55. The Morgan fingerprint density at radius 2 is 1.90 bits per heavy atom. The molecule has 2 aliphatic carbocycles. The van der Waals surface area contributed by atoms with Gasteiger partial charge in [-0.3, -0.25) is 18.9 Å². The van der Waals surface area contributed by atoms with Crippen LogP contribution in [0.15, 0.2) is 12.2 Å². The van der Waals surface area contributed by atoms with E-state index in [0.29, 0.717) is 50.2 Å². The number of carbonyl (C=O) groups is 4. The van der Waals surface area contributed by atoms with Crippen molar-refractivity contribution in [2.45, 2.75) is 69.9 Å². The van der Waals surface area contributed by atoms with E-state index in [9.17, 15) is 37.3 Å². The number of nitrogens with zero attached hydrogens (tertiary/aromatic N) is 1. The van der Waals surface area contributed by atoms with Crippen LogP contribution in [0.2, 0.25) is 0 Å². The zero-order valence-corrected chi connectivity index (χ0v) is 24.3. The van der Waals surface area contributed by atoms with E-state index in [0.717, 1.165) is 12.8 Å². The maximum Gasteiger partial charge on any atom is 0.407 e. The Labute approximate surface area is 240 Å². The highest BCUT2D eigenvalue weighted by atomic mass is 32.2. The largest absolute Gasteiger partial charge is 0.449 e. The third-order valence-corrected chi connectivity index (χ3v) is 9.63. The number of hydrogen-bond acceptors (Lipinski definition) is 8. The summed E-state index contributed by atoms with van der Waals surface area (Å²) in [5.74, 6) is -0.758. The van der Waals surface area contributed by atoms with Crippen molar-refractivity contribution in [3.63, 3.8) is 0 Å². The molecule has 8 atom stereocenters. The fourth-order valence-corrected chi connectivity index (χ4v) is 7.10. The second-order valence-corrected chi connectivity index (χ2v) is 13.8. The molecule has 2 aliphatic heterocycles. The number of aliphatic hydroxyl groups excluding tert-OH is 1. The number of fused-ring (bicyclic) bond motifs is 2. The first-order valence-electron chi connectivity index (χ1n) is 14.4. The van der Waals surface area contributed by atoms with Crippen LogP contribution >= 0.6 is 0 Å². The van der Waals surface area contributed by atoms with Gasteiger partial charge in [0.1, 0.15) is 12.6 Å². The second kappa shape index (κ2) is 13.1. The first-order valence-corrected chi connectivity index (χ1v) is 15.9. The number of rotatable bonds is 13. The minimum atomic E-state index is -4.96. The topological polar surface area (TPSA) is 191 Å². The van der Waals surface area contributed by atoms with Crippen LogP contribution in [0.25, 0.3) is 0 Å². The molecule has 4 rings (SSSR count). The molecule has 0 radical (unpaired) electrons. The third kappa shape index (κ3) is 7.98. The van der Waals surface area contributed by atoms with Crippen LogP contribution in [-0.2, 0) is 29.2 Å². The molecule has 0 aromatic heterocycles. The van der Waals surface area contributed by atoms with Gasteiger partial charge in [0.25, 0.3) is 10.1 Å². The molecular formula is C27H42N4O9S. The van der Waals surface area contributed by atoms with Crippen molar-refractivity contribution >= 4 is 33.9 Å². The summed E-state index contributed by atoms with van der Waals surface area (Å²) in [5.41, 5.74) is -2.36. The van der Waals surface area contributed by atoms with Crippen molar-refractivity contribution < 1.29 is 42.0 Å². The molecule has 3 fully saturated rings. The van der Waals surface area contributed by atoms with Crippen molar-refractivity contribution in [1.82, 2.24) is 20.9 Å². The van der Waals surface area contributed by atoms with Gasteiger partial charge in [0.2, 0.25) is 23.2 Å². The summed E-state index contributed by atoms with van der Waals surface area (Å²) in [5, 5.41) is 17.7. The second-order valence-electron chi connectivity index (χ2n) is 12.3. The van der Waals surface area contributed by atoms with Gasteiger partial charge in [-0.1, -0.05) is 26.0 Å². The van der Waals surface area contributed by atoms with Crippen molar-refractivity contribution in [2.75, 3.05) is 26.2 Å². The van der Waals surface area contributed by atoms with Crippen molar-refractivity contribution in [1.29, 1.82) is 0 Å². The number of alkyl carbamates (subject to hydrolysis) is 1. The Hall–Kier alpha value is -2.71. The zero-order chi connectivity index (χ0) is 29.9. The van der Waals surface area contributed by atoms with Crippen LogP contribution in [0, 0.1) is 35.5 Å². The highest BCUT2D eigenvalue weighted by molar-refractivity contribution is 7.86. The molecule has 0 aromatic rings. The molecule has 14 heteroatoms. The predicted molar refractivity (Wildman–Crippen MR) is 146 cm³/mol. The average Bonchev–Trinajstić information content (AvgIpc) is 3.68. The van der Waals surface area contributed by atoms with Gasteiger partial charge in [0.05, 0.1) is 12.0 Å². The molecule has 13 nitrogen and oxygen atoms in total. The number of likely N-dealkylation sites (tertiary alicyclic amines) is 1. The Morgan fingerprint density at radius 3 is 2.49 bits per heavy atom. The summed E-state index contributed by atoms with van der Waals surface area (Å²) in [6, 6.07) is -2.65. The van der Waals surface area contributed by atoms with E-state index < -0.39 is 51.5 Å². The Bertz CT molecular complexity index is 1140. The van der Waals surface area contributed by atoms with E-state index in [1.807, 2.05) is 18.7 Å². The number of aliphatic hydroxyl groups is 1. The number of carbonyl (C=O) groups excluding carboxylic acids is 4. The summed E-state index contributed by atoms with van der Waals surface area (Å²) in [6.07, 6.45) is 6.76. The molecule has 1 saturated carbocycles. The van der Waals surface area contributed by atoms with E-state index in [4.69, 9.17) is 4.74 Å². The molecule has 4 aliphatic rings. The van der Waals surface area contributed by atoms with Crippen molar-refractivity contribution in [2.24, 2.45) is 35.5 Å². The third-order valence-electron chi connectivity index (χ3n) is 8.69. The van der Waals surface area contributed by atoms with Gasteiger partial charge in [0, 0.05) is 25.6 Å². The molecule has 2 heterocycles. The van der Waals surface area contributed by atoms with Crippen LogP contribution in [0.5, 0.6) is 0 Å². The SMILES string of the molecule is CC(C)C[C@H](NC(=O)OCC1CCN(C[C@H]2C[C@H]3C=C[C@@H]2C3)C1=O)C(=O)N[C@@H](C[C@@H]1CCNC1=O)C(O)S(=O)(=O)O.